The van der Waals surface area contributed by atoms with E-state index in [1.165, 1.54) is 0 Å². The lowest BCUT2D eigenvalue weighted by Gasteiger charge is -2.32. The van der Waals surface area contributed by atoms with Gasteiger partial charge in [0, 0.05) is 17.3 Å². The molecule has 2 amide bonds. The maximum absolute atomic E-state index is 14.0. The second kappa shape index (κ2) is 11.9. The Morgan fingerprint density at radius 3 is 2.33 bits per heavy atom. The van der Waals surface area contributed by atoms with Gasteiger partial charge in [-0.25, -0.2) is 0 Å². The third-order valence-electron chi connectivity index (χ3n) is 6.41. The summed E-state index contributed by atoms with van der Waals surface area (Å²) in [5, 5.41) is 3.56. The zero-order chi connectivity index (χ0) is 27.2. The third kappa shape index (κ3) is 6.33. The van der Waals surface area contributed by atoms with Crippen molar-refractivity contribution in [3.8, 4) is 17.2 Å². The van der Waals surface area contributed by atoms with Gasteiger partial charge in [-0.3, -0.25) is 9.59 Å². The van der Waals surface area contributed by atoms with Crippen molar-refractivity contribution in [1.82, 2.24) is 4.90 Å². The summed E-state index contributed by atoms with van der Waals surface area (Å²) in [6, 6.07) is 28.1. The Morgan fingerprint density at radius 2 is 1.62 bits per heavy atom. The molecule has 1 N–H and O–H groups in total. The largest absolute Gasteiger partial charge is 0.497 e. The van der Waals surface area contributed by atoms with E-state index >= 15 is 0 Å². The van der Waals surface area contributed by atoms with Crippen molar-refractivity contribution < 1.29 is 23.8 Å². The van der Waals surface area contributed by atoms with Crippen LogP contribution in [0.5, 0.6) is 17.2 Å². The molecule has 0 unspecified atom stereocenters. The van der Waals surface area contributed by atoms with Crippen molar-refractivity contribution in [2.24, 2.45) is 0 Å². The van der Waals surface area contributed by atoms with Crippen LogP contribution in [0.2, 0.25) is 5.02 Å². The van der Waals surface area contributed by atoms with Gasteiger partial charge in [-0.2, -0.15) is 0 Å². The van der Waals surface area contributed by atoms with Crippen LogP contribution in [0.15, 0.2) is 97.1 Å². The van der Waals surface area contributed by atoms with Crippen molar-refractivity contribution in [3.63, 3.8) is 0 Å². The molecule has 7 nitrogen and oxygen atoms in total. The van der Waals surface area contributed by atoms with Gasteiger partial charge in [0.05, 0.1) is 13.5 Å². The number of hydrogen-bond acceptors (Lipinski definition) is 5. The van der Waals surface area contributed by atoms with Crippen LogP contribution in [-0.2, 0) is 22.6 Å². The van der Waals surface area contributed by atoms with E-state index < -0.39 is 6.04 Å². The van der Waals surface area contributed by atoms with Crippen LogP contribution in [0.25, 0.3) is 0 Å². The Balaban J connectivity index is 1.54. The lowest BCUT2D eigenvalue weighted by atomic mass is 10.0. The van der Waals surface area contributed by atoms with E-state index in [2.05, 4.69) is 5.32 Å². The minimum absolute atomic E-state index is 0.100. The number of carbonyl (C=O) groups excluding carboxylic acids is 2. The monoisotopic (exact) mass is 542 g/mol. The molecule has 5 rings (SSSR count). The Labute approximate surface area is 231 Å². The maximum Gasteiger partial charge on any atom is 0.251 e. The minimum Gasteiger partial charge on any atom is -0.497 e. The molecule has 0 bridgehead atoms. The third-order valence-corrected chi connectivity index (χ3v) is 6.67. The molecule has 1 aliphatic rings. The second-order valence-corrected chi connectivity index (χ2v) is 9.48. The van der Waals surface area contributed by atoms with Crippen LogP contribution >= 0.6 is 11.6 Å². The SMILES string of the molecule is COc1ccc(NC(=O)[C@@H](c2ccc3c(c2)OCO3)N(Cc2ccc(Cl)cc2)C(=O)Cc2ccccc2)cc1. The fraction of sp³-hybridized carbons (Fsp3) is 0.161. The highest BCUT2D eigenvalue weighted by molar-refractivity contribution is 6.30. The summed E-state index contributed by atoms with van der Waals surface area (Å²) in [4.78, 5) is 29.5. The molecule has 0 spiro atoms. The summed E-state index contributed by atoms with van der Waals surface area (Å²) in [6.45, 7) is 0.293. The smallest absolute Gasteiger partial charge is 0.251 e. The highest BCUT2D eigenvalue weighted by Crippen LogP contribution is 2.37. The van der Waals surface area contributed by atoms with Crippen LogP contribution in [0.3, 0.4) is 0 Å². The Morgan fingerprint density at radius 1 is 0.897 bits per heavy atom. The average Bonchev–Trinajstić information content (AvgIpc) is 3.43. The van der Waals surface area contributed by atoms with Crippen LogP contribution in [0.4, 0.5) is 5.69 Å². The van der Waals surface area contributed by atoms with Gasteiger partial charge < -0.3 is 24.4 Å². The quantitative estimate of drug-likeness (QED) is 0.279. The van der Waals surface area contributed by atoms with E-state index in [4.69, 9.17) is 25.8 Å². The number of halogens is 1. The van der Waals surface area contributed by atoms with Crippen LogP contribution in [0, 0.1) is 0 Å². The summed E-state index contributed by atoms with van der Waals surface area (Å²) in [6.07, 6.45) is 0.130. The number of hydrogen-bond donors (Lipinski definition) is 1. The fourth-order valence-electron chi connectivity index (χ4n) is 4.42. The topological polar surface area (TPSA) is 77.1 Å². The molecule has 1 aliphatic heterocycles. The summed E-state index contributed by atoms with van der Waals surface area (Å²) in [5.41, 5.74) is 2.86. The first-order chi connectivity index (χ1) is 19.0. The minimum atomic E-state index is -0.964. The highest BCUT2D eigenvalue weighted by atomic mass is 35.5. The van der Waals surface area contributed by atoms with Gasteiger partial charge in [0.25, 0.3) is 5.91 Å². The Kier molecular flexibility index (Phi) is 7.99. The van der Waals surface area contributed by atoms with E-state index in [1.807, 2.05) is 42.5 Å². The van der Waals surface area contributed by atoms with Gasteiger partial charge in [0.2, 0.25) is 12.7 Å². The predicted octanol–water partition coefficient (Wildman–Crippen LogP) is 6.03. The number of ether oxygens (including phenoxy) is 3. The average molecular weight is 543 g/mol. The predicted molar refractivity (Wildman–Crippen MR) is 149 cm³/mol. The van der Waals surface area contributed by atoms with Crippen molar-refractivity contribution >= 4 is 29.1 Å². The lowest BCUT2D eigenvalue weighted by Crippen LogP contribution is -2.41. The zero-order valence-corrected chi connectivity index (χ0v) is 22.1. The van der Waals surface area contributed by atoms with Gasteiger partial charge in [0.1, 0.15) is 11.8 Å². The van der Waals surface area contributed by atoms with Crippen LogP contribution in [0.1, 0.15) is 22.7 Å². The van der Waals surface area contributed by atoms with Crippen molar-refractivity contribution in [1.29, 1.82) is 0 Å². The molecule has 1 heterocycles. The number of rotatable bonds is 9. The van der Waals surface area contributed by atoms with E-state index in [1.54, 1.807) is 66.6 Å². The lowest BCUT2D eigenvalue weighted by molar-refractivity contribution is -0.139. The second-order valence-electron chi connectivity index (χ2n) is 9.04. The van der Waals surface area contributed by atoms with Gasteiger partial charge in [-0.1, -0.05) is 60.1 Å². The molecule has 1 atom stereocenters. The molecule has 0 saturated heterocycles. The standard InChI is InChI=1S/C31H27ClN2O5/c1-37-26-14-12-25(13-15-26)33-31(36)30(23-9-16-27-28(18-23)39-20-38-27)34(19-22-7-10-24(32)11-8-22)29(35)17-21-5-3-2-4-6-21/h2-16,18,30H,17,19-20H2,1H3,(H,33,36)/t30-/m1/s1. The fourth-order valence-corrected chi connectivity index (χ4v) is 4.55. The number of anilines is 1. The molecule has 8 heteroatoms. The first kappa shape index (κ1) is 26.1. The summed E-state index contributed by atoms with van der Waals surface area (Å²) < 4.78 is 16.3. The zero-order valence-electron chi connectivity index (χ0n) is 21.3. The molecule has 0 radical (unpaired) electrons. The number of amides is 2. The Hall–Kier alpha value is -4.49. The molecule has 198 valence electrons. The number of benzene rings is 4. The van der Waals surface area contributed by atoms with Crippen molar-refractivity contribution in [2.75, 3.05) is 19.2 Å². The molecule has 0 fully saturated rings. The normalized spacial score (nSPS) is 12.5. The van der Waals surface area contributed by atoms with Gasteiger partial charge in [-0.15, -0.1) is 0 Å². The summed E-state index contributed by atoms with van der Waals surface area (Å²) in [7, 11) is 1.58. The molecule has 0 aliphatic carbocycles. The number of carbonyl (C=O) groups is 2. The molecule has 0 aromatic heterocycles. The first-order valence-electron chi connectivity index (χ1n) is 12.4. The van der Waals surface area contributed by atoms with Gasteiger partial charge >= 0.3 is 0 Å². The number of fused-ring (bicyclic) bond motifs is 1. The molecule has 4 aromatic rings. The molecule has 0 saturated carbocycles. The molecular formula is C31H27ClN2O5. The molecule has 39 heavy (non-hydrogen) atoms. The summed E-state index contributed by atoms with van der Waals surface area (Å²) in [5.74, 6) is 1.21. The van der Waals surface area contributed by atoms with Crippen LogP contribution < -0.4 is 19.5 Å². The van der Waals surface area contributed by atoms with Gasteiger partial charge in [0.15, 0.2) is 11.5 Å². The number of nitrogens with zero attached hydrogens (tertiary/aromatic N) is 1. The molecule has 4 aromatic carbocycles. The van der Waals surface area contributed by atoms with E-state index in [-0.39, 0.29) is 31.6 Å². The first-order valence-corrected chi connectivity index (χ1v) is 12.8. The van der Waals surface area contributed by atoms with Crippen LogP contribution in [-0.4, -0.2) is 30.6 Å². The number of methoxy groups -OCH3 is 1. The van der Waals surface area contributed by atoms with Crippen molar-refractivity contribution in [2.45, 2.75) is 19.0 Å². The van der Waals surface area contributed by atoms with Gasteiger partial charge in [-0.05, 0) is 65.2 Å². The van der Waals surface area contributed by atoms with E-state index in [0.29, 0.717) is 33.5 Å². The Bertz CT molecular complexity index is 1440. The molecular weight excluding hydrogens is 516 g/mol. The van der Waals surface area contributed by atoms with E-state index in [9.17, 15) is 9.59 Å². The summed E-state index contributed by atoms with van der Waals surface area (Å²) >= 11 is 6.11. The maximum atomic E-state index is 14.0. The number of nitrogens with one attached hydrogen (secondary N) is 1. The van der Waals surface area contributed by atoms with E-state index in [0.717, 1.165) is 11.1 Å². The van der Waals surface area contributed by atoms with Crippen molar-refractivity contribution in [3.05, 3.63) is 119 Å². The highest BCUT2D eigenvalue weighted by Gasteiger charge is 2.33.